The quantitative estimate of drug-likeness (QED) is 0.522. The number of fused-ring (bicyclic) bond motifs is 3. The number of hydrogen-bond donors (Lipinski definition) is 3. The van der Waals surface area contributed by atoms with Crippen LogP contribution in [0.25, 0.3) is 11.1 Å². The number of ether oxygens (including phenoxy) is 1. The molecule has 2 unspecified atom stereocenters. The maximum absolute atomic E-state index is 13.2. The molecule has 3 N–H and O–H groups in total. The van der Waals surface area contributed by atoms with E-state index in [9.17, 15) is 19.5 Å². The molecule has 0 radical (unpaired) electrons. The van der Waals surface area contributed by atoms with Crippen LogP contribution in [0.1, 0.15) is 62.5 Å². The van der Waals surface area contributed by atoms with E-state index in [0.29, 0.717) is 25.2 Å². The molecule has 7 heteroatoms. The van der Waals surface area contributed by atoms with Gasteiger partial charge in [0.1, 0.15) is 12.6 Å². The van der Waals surface area contributed by atoms with Crippen molar-refractivity contribution in [2.75, 3.05) is 6.61 Å². The van der Waals surface area contributed by atoms with Crippen molar-refractivity contribution in [2.24, 2.45) is 11.3 Å². The molecule has 0 aliphatic heterocycles. The molecule has 3 aliphatic carbocycles. The number of carbonyl (C=O) groups is 3. The van der Waals surface area contributed by atoms with Crippen molar-refractivity contribution in [1.82, 2.24) is 10.6 Å². The maximum Gasteiger partial charge on any atom is 0.407 e. The van der Waals surface area contributed by atoms with Crippen molar-refractivity contribution in [3.05, 3.63) is 59.7 Å². The average molecular weight is 477 g/mol. The fourth-order valence-corrected chi connectivity index (χ4v) is 5.68. The molecule has 3 aliphatic rings. The smallest absolute Gasteiger partial charge is 0.407 e. The lowest BCUT2D eigenvalue weighted by Gasteiger charge is -2.32. The number of aliphatic carboxylic acids is 1. The first-order chi connectivity index (χ1) is 16.9. The Morgan fingerprint density at radius 2 is 1.66 bits per heavy atom. The highest BCUT2D eigenvalue weighted by Gasteiger charge is 2.47. The third-order valence-electron chi connectivity index (χ3n) is 7.98. The maximum atomic E-state index is 13.2. The second-order valence-electron chi connectivity index (χ2n) is 10.4. The molecule has 184 valence electrons. The first-order valence-corrected chi connectivity index (χ1v) is 12.5. The van der Waals surface area contributed by atoms with E-state index in [1.54, 1.807) is 6.92 Å². The Kier molecular flexibility index (Phi) is 6.26. The van der Waals surface area contributed by atoms with Crippen LogP contribution in [0, 0.1) is 11.3 Å². The van der Waals surface area contributed by atoms with Gasteiger partial charge in [-0.2, -0.15) is 0 Å². The monoisotopic (exact) mass is 476 g/mol. The Bertz CT molecular complexity index is 1100. The Balaban J connectivity index is 1.22. The fourth-order valence-electron chi connectivity index (χ4n) is 5.68. The van der Waals surface area contributed by atoms with E-state index < -0.39 is 29.6 Å². The standard InChI is InChI=1S/C28H32N2O5/c1-28(26(33)29-23(25(31)32)15-17-12-13-17)14-6-11-24(28)30-27(34)35-16-22-20-9-4-2-7-18(20)19-8-3-5-10-21(19)22/h2-5,7-10,17,22-24H,6,11-16H2,1H3,(H,29,33)(H,30,34)(H,31,32)/t23-,24?,28?/m0/s1. The summed E-state index contributed by atoms with van der Waals surface area (Å²) in [4.78, 5) is 37.6. The predicted octanol–water partition coefficient (Wildman–Crippen LogP) is 4.45. The normalized spacial score (nSPS) is 23.7. The molecule has 0 saturated heterocycles. The Morgan fingerprint density at radius 1 is 1.03 bits per heavy atom. The van der Waals surface area contributed by atoms with E-state index in [2.05, 4.69) is 34.9 Å². The first kappa shape index (κ1) is 23.4. The second-order valence-corrected chi connectivity index (χ2v) is 10.4. The van der Waals surface area contributed by atoms with Gasteiger partial charge in [0, 0.05) is 12.0 Å². The number of benzene rings is 2. The van der Waals surface area contributed by atoms with Crippen LogP contribution in [0.3, 0.4) is 0 Å². The summed E-state index contributed by atoms with van der Waals surface area (Å²) in [7, 11) is 0. The minimum absolute atomic E-state index is 0.0369. The minimum atomic E-state index is -1.01. The van der Waals surface area contributed by atoms with E-state index in [4.69, 9.17) is 4.74 Å². The lowest BCUT2D eigenvalue weighted by atomic mass is 9.83. The van der Waals surface area contributed by atoms with Crippen molar-refractivity contribution < 1.29 is 24.2 Å². The number of alkyl carbamates (subject to hydrolysis) is 1. The number of amides is 2. The molecular formula is C28H32N2O5. The van der Waals surface area contributed by atoms with E-state index in [1.165, 1.54) is 0 Å². The molecule has 5 rings (SSSR count). The molecule has 2 amide bonds. The average Bonchev–Trinajstić information content (AvgIpc) is 3.51. The summed E-state index contributed by atoms with van der Waals surface area (Å²) >= 11 is 0. The molecule has 3 atom stereocenters. The van der Waals surface area contributed by atoms with Crippen LogP contribution < -0.4 is 10.6 Å². The van der Waals surface area contributed by atoms with Gasteiger partial charge >= 0.3 is 12.1 Å². The van der Waals surface area contributed by atoms with Crippen molar-refractivity contribution in [1.29, 1.82) is 0 Å². The summed E-state index contributed by atoms with van der Waals surface area (Å²) in [5, 5.41) is 15.2. The SMILES string of the molecule is CC1(C(=O)N[C@@H](CC2CC2)C(=O)O)CCCC1NC(=O)OCC1c2ccccc2-c2ccccc21. The molecule has 0 heterocycles. The third-order valence-corrected chi connectivity index (χ3v) is 7.98. The van der Waals surface area contributed by atoms with Crippen molar-refractivity contribution in [3.63, 3.8) is 0 Å². The number of carbonyl (C=O) groups excluding carboxylic acids is 2. The van der Waals surface area contributed by atoms with Gasteiger partial charge < -0.3 is 20.5 Å². The largest absolute Gasteiger partial charge is 0.480 e. The van der Waals surface area contributed by atoms with Gasteiger partial charge in [-0.25, -0.2) is 9.59 Å². The summed E-state index contributed by atoms with van der Waals surface area (Å²) < 4.78 is 5.68. The highest BCUT2D eigenvalue weighted by molar-refractivity contribution is 5.88. The molecule has 35 heavy (non-hydrogen) atoms. The Morgan fingerprint density at radius 3 is 2.26 bits per heavy atom. The number of carboxylic acids is 1. The molecule has 7 nitrogen and oxygen atoms in total. The summed E-state index contributed by atoms with van der Waals surface area (Å²) in [6.45, 7) is 2.01. The highest BCUT2D eigenvalue weighted by Crippen LogP contribution is 2.44. The van der Waals surface area contributed by atoms with Crippen LogP contribution in [0.15, 0.2) is 48.5 Å². The number of hydrogen-bond acceptors (Lipinski definition) is 4. The Labute approximate surface area is 205 Å². The van der Waals surface area contributed by atoms with Gasteiger partial charge in [0.05, 0.1) is 5.41 Å². The second kappa shape index (κ2) is 9.36. The lowest BCUT2D eigenvalue weighted by molar-refractivity contribution is -0.144. The molecule has 2 aromatic carbocycles. The molecule has 2 fully saturated rings. The van der Waals surface area contributed by atoms with Crippen LogP contribution in [-0.4, -0.2) is 41.8 Å². The van der Waals surface area contributed by atoms with Crippen LogP contribution in [-0.2, 0) is 14.3 Å². The van der Waals surface area contributed by atoms with Gasteiger partial charge in [-0.1, -0.05) is 67.8 Å². The summed E-state index contributed by atoms with van der Waals surface area (Å²) in [6, 6.07) is 15.0. The molecule has 0 bridgehead atoms. The zero-order chi connectivity index (χ0) is 24.6. The van der Waals surface area contributed by atoms with Gasteiger partial charge in [0.2, 0.25) is 5.91 Å². The fraction of sp³-hybridized carbons (Fsp3) is 0.464. The topological polar surface area (TPSA) is 105 Å². The molecular weight excluding hydrogens is 444 g/mol. The van der Waals surface area contributed by atoms with Crippen LogP contribution >= 0.6 is 0 Å². The van der Waals surface area contributed by atoms with E-state index in [-0.39, 0.29) is 18.4 Å². The summed E-state index contributed by atoms with van der Waals surface area (Å²) in [6.07, 6.45) is 3.95. The van der Waals surface area contributed by atoms with Gasteiger partial charge in [0.25, 0.3) is 0 Å². The zero-order valence-electron chi connectivity index (χ0n) is 20.0. The van der Waals surface area contributed by atoms with E-state index >= 15 is 0 Å². The van der Waals surface area contributed by atoms with Crippen molar-refractivity contribution >= 4 is 18.0 Å². The molecule has 2 aromatic rings. The summed E-state index contributed by atoms with van der Waals surface area (Å²) in [5.41, 5.74) is 3.74. The molecule has 0 spiro atoms. The molecule has 0 aromatic heterocycles. The number of rotatable bonds is 8. The zero-order valence-corrected chi connectivity index (χ0v) is 20.0. The number of nitrogens with one attached hydrogen (secondary N) is 2. The van der Waals surface area contributed by atoms with Gasteiger partial charge in [-0.15, -0.1) is 0 Å². The Hall–Kier alpha value is -3.35. The van der Waals surface area contributed by atoms with E-state index in [0.717, 1.165) is 41.5 Å². The lowest BCUT2D eigenvalue weighted by Crippen LogP contribution is -2.54. The van der Waals surface area contributed by atoms with Crippen molar-refractivity contribution in [3.8, 4) is 11.1 Å². The van der Waals surface area contributed by atoms with Gasteiger partial charge in [-0.05, 0) is 54.4 Å². The van der Waals surface area contributed by atoms with Crippen LogP contribution in [0.2, 0.25) is 0 Å². The summed E-state index contributed by atoms with van der Waals surface area (Å²) in [5.74, 6) is -0.979. The van der Waals surface area contributed by atoms with E-state index in [1.807, 2.05) is 24.3 Å². The first-order valence-electron chi connectivity index (χ1n) is 12.5. The highest BCUT2D eigenvalue weighted by atomic mass is 16.5. The molecule has 2 saturated carbocycles. The van der Waals surface area contributed by atoms with Crippen LogP contribution in [0.5, 0.6) is 0 Å². The van der Waals surface area contributed by atoms with Gasteiger partial charge in [0.15, 0.2) is 0 Å². The van der Waals surface area contributed by atoms with Crippen LogP contribution in [0.4, 0.5) is 4.79 Å². The number of carboxylic acid groups (broad SMARTS) is 1. The minimum Gasteiger partial charge on any atom is -0.480 e. The van der Waals surface area contributed by atoms with Crippen molar-refractivity contribution in [2.45, 2.75) is 63.5 Å². The van der Waals surface area contributed by atoms with Gasteiger partial charge in [-0.3, -0.25) is 4.79 Å². The predicted molar refractivity (Wildman–Crippen MR) is 131 cm³/mol. The third kappa shape index (κ3) is 4.64.